The Kier molecular flexibility index (Phi) is 3.01. The van der Waals surface area contributed by atoms with E-state index in [1.54, 1.807) is 0 Å². The maximum absolute atomic E-state index is 13.2. The highest BCUT2D eigenvalue weighted by molar-refractivity contribution is 6.29. The predicted molar refractivity (Wildman–Crippen MR) is 55.7 cm³/mol. The summed E-state index contributed by atoms with van der Waals surface area (Å²) in [5.74, 6) is -1.77. The smallest absolute Gasteiger partial charge is 0.198 e. The molecule has 1 aromatic heterocycles. The van der Waals surface area contributed by atoms with Gasteiger partial charge in [0.25, 0.3) is 0 Å². The second kappa shape index (κ2) is 4.45. The second-order valence-corrected chi connectivity index (χ2v) is 3.36. The number of hydrogen-bond acceptors (Lipinski definition) is 2. The van der Waals surface area contributed by atoms with Crippen molar-refractivity contribution < 1.29 is 13.5 Å². The Hall–Kier alpha value is -1.68. The standard InChI is InChI=1S/C11H6ClF2NO/c12-10-5-4-7(6-15-10)16-11-8(13)2-1-3-9(11)14/h1-6H. The third kappa shape index (κ3) is 2.28. The first-order chi connectivity index (χ1) is 7.66. The highest BCUT2D eigenvalue weighted by Crippen LogP contribution is 2.27. The predicted octanol–water partition coefficient (Wildman–Crippen LogP) is 3.81. The van der Waals surface area contributed by atoms with Gasteiger partial charge in [0.05, 0.1) is 6.20 Å². The van der Waals surface area contributed by atoms with Crippen molar-refractivity contribution in [3.8, 4) is 11.5 Å². The van der Waals surface area contributed by atoms with Crippen molar-refractivity contribution >= 4 is 11.6 Å². The van der Waals surface area contributed by atoms with E-state index in [1.165, 1.54) is 24.4 Å². The van der Waals surface area contributed by atoms with Crippen LogP contribution in [-0.2, 0) is 0 Å². The number of rotatable bonds is 2. The molecule has 0 saturated carbocycles. The molecule has 0 aliphatic rings. The van der Waals surface area contributed by atoms with Gasteiger partial charge in [0.2, 0.25) is 0 Å². The lowest BCUT2D eigenvalue weighted by Gasteiger charge is -2.06. The van der Waals surface area contributed by atoms with Gasteiger partial charge in [-0.25, -0.2) is 13.8 Å². The SMILES string of the molecule is Fc1cccc(F)c1Oc1ccc(Cl)nc1. The van der Waals surface area contributed by atoms with Crippen LogP contribution in [0.2, 0.25) is 5.15 Å². The summed E-state index contributed by atoms with van der Waals surface area (Å²) in [6, 6.07) is 6.43. The van der Waals surface area contributed by atoms with Gasteiger partial charge in [-0.3, -0.25) is 0 Å². The Labute approximate surface area is 95.5 Å². The lowest BCUT2D eigenvalue weighted by Crippen LogP contribution is -1.92. The molecule has 2 rings (SSSR count). The van der Waals surface area contributed by atoms with Crippen LogP contribution in [0.1, 0.15) is 0 Å². The number of ether oxygens (including phenoxy) is 1. The van der Waals surface area contributed by atoms with E-state index >= 15 is 0 Å². The molecule has 0 aliphatic carbocycles. The zero-order chi connectivity index (χ0) is 11.5. The van der Waals surface area contributed by atoms with Crippen LogP contribution in [0.4, 0.5) is 8.78 Å². The molecule has 0 radical (unpaired) electrons. The van der Waals surface area contributed by atoms with Gasteiger partial charge in [-0.05, 0) is 24.3 Å². The number of benzene rings is 1. The summed E-state index contributed by atoms with van der Waals surface area (Å²) in [7, 11) is 0. The summed E-state index contributed by atoms with van der Waals surface area (Å²) in [6.45, 7) is 0. The highest BCUT2D eigenvalue weighted by Gasteiger charge is 2.10. The Balaban J connectivity index is 2.30. The molecular formula is C11H6ClF2NO. The quantitative estimate of drug-likeness (QED) is 0.746. The fraction of sp³-hybridized carbons (Fsp3) is 0. The molecule has 2 nitrogen and oxygen atoms in total. The van der Waals surface area contributed by atoms with Gasteiger partial charge in [-0.15, -0.1) is 0 Å². The molecule has 5 heteroatoms. The van der Waals surface area contributed by atoms with Crippen LogP contribution in [0.3, 0.4) is 0 Å². The molecule has 2 aromatic rings. The van der Waals surface area contributed by atoms with Crippen LogP contribution in [0.15, 0.2) is 36.5 Å². The first-order valence-electron chi connectivity index (χ1n) is 4.40. The number of pyridine rings is 1. The Morgan fingerprint density at radius 2 is 1.75 bits per heavy atom. The normalized spacial score (nSPS) is 10.2. The summed E-state index contributed by atoms with van der Waals surface area (Å²) >= 11 is 5.56. The molecule has 0 aliphatic heterocycles. The zero-order valence-electron chi connectivity index (χ0n) is 7.95. The van der Waals surface area contributed by atoms with E-state index in [-0.39, 0.29) is 10.9 Å². The van der Waals surface area contributed by atoms with Crippen LogP contribution < -0.4 is 4.74 Å². The zero-order valence-corrected chi connectivity index (χ0v) is 8.71. The third-order valence-electron chi connectivity index (χ3n) is 1.84. The van der Waals surface area contributed by atoms with E-state index in [0.717, 1.165) is 12.1 Å². The van der Waals surface area contributed by atoms with Crippen LogP contribution >= 0.6 is 11.6 Å². The molecule has 82 valence electrons. The molecule has 1 heterocycles. The number of hydrogen-bond donors (Lipinski definition) is 0. The molecule has 0 amide bonds. The summed E-state index contributed by atoms with van der Waals surface area (Å²) < 4.78 is 31.4. The minimum absolute atomic E-state index is 0.216. The van der Waals surface area contributed by atoms with Crippen LogP contribution in [0.25, 0.3) is 0 Å². The monoisotopic (exact) mass is 241 g/mol. The molecule has 0 bridgehead atoms. The number of halogens is 3. The van der Waals surface area contributed by atoms with Crippen molar-refractivity contribution in [3.63, 3.8) is 0 Å². The summed E-state index contributed by atoms with van der Waals surface area (Å²) in [4.78, 5) is 3.73. The van der Waals surface area contributed by atoms with Crippen molar-refractivity contribution in [2.24, 2.45) is 0 Å². The Bertz CT molecular complexity index is 482. The minimum atomic E-state index is -0.769. The molecule has 0 fully saturated rings. The fourth-order valence-corrected chi connectivity index (χ4v) is 1.23. The lowest BCUT2D eigenvalue weighted by atomic mass is 10.3. The van der Waals surface area contributed by atoms with Gasteiger partial charge in [-0.2, -0.15) is 0 Å². The number of nitrogens with zero attached hydrogens (tertiary/aromatic N) is 1. The molecule has 0 unspecified atom stereocenters. The Morgan fingerprint density at radius 3 is 2.31 bits per heavy atom. The fourth-order valence-electron chi connectivity index (χ4n) is 1.12. The van der Waals surface area contributed by atoms with Crippen molar-refractivity contribution in [3.05, 3.63) is 53.3 Å². The number of aromatic nitrogens is 1. The van der Waals surface area contributed by atoms with Crippen molar-refractivity contribution in [1.82, 2.24) is 4.98 Å². The molecular weight excluding hydrogens is 236 g/mol. The van der Waals surface area contributed by atoms with E-state index in [1.807, 2.05) is 0 Å². The van der Waals surface area contributed by atoms with Crippen LogP contribution in [0, 0.1) is 11.6 Å². The maximum Gasteiger partial charge on any atom is 0.198 e. The topological polar surface area (TPSA) is 22.1 Å². The second-order valence-electron chi connectivity index (χ2n) is 2.97. The van der Waals surface area contributed by atoms with Gasteiger partial charge in [0.15, 0.2) is 17.4 Å². The van der Waals surface area contributed by atoms with E-state index in [0.29, 0.717) is 0 Å². The summed E-state index contributed by atoms with van der Waals surface area (Å²) in [5.41, 5.74) is 0. The largest absolute Gasteiger partial charge is 0.450 e. The van der Waals surface area contributed by atoms with E-state index < -0.39 is 17.4 Å². The molecule has 0 spiro atoms. The summed E-state index contributed by atoms with van der Waals surface area (Å²) in [5, 5.41) is 0.279. The molecule has 0 atom stereocenters. The number of para-hydroxylation sites is 1. The van der Waals surface area contributed by atoms with E-state index in [2.05, 4.69) is 4.98 Å². The molecule has 1 aromatic carbocycles. The van der Waals surface area contributed by atoms with Gasteiger partial charge in [0, 0.05) is 0 Å². The van der Waals surface area contributed by atoms with Crippen molar-refractivity contribution in [1.29, 1.82) is 0 Å². The van der Waals surface area contributed by atoms with E-state index in [9.17, 15) is 8.78 Å². The van der Waals surface area contributed by atoms with Gasteiger partial charge in [0.1, 0.15) is 10.9 Å². The minimum Gasteiger partial charge on any atom is -0.450 e. The average Bonchev–Trinajstić information content (AvgIpc) is 2.26. The van der Waals surface area contributed by atoms with Crippen molar-refractivity contribution in [2.75, 3.05) is 0 Å². The van der Waals surface area contributed by atoms with Gasteiger partial charge in [-0.1, -0.05) is 17.7 Å². The summed E-state index contributed by atoms with van der Waals surface area (Å²) in [6.07, 6.45) is 1.29. The van der Waals surface area contributed by atoms with Crippen LogP contribution in [-0.4, -0.2) is 4.98 Å². The highest BCUT2D eigenvalue weighted by atomic mass is 35.5. The average molecular weight is 242 g/mol. The van der Waals surface area contributed by atoms with E-state index in [4.69, 9.17) is 16.3 Å². The molecule has 0 N–H and O–H groups in total. The van der Waals surface area contributed by atoms with Crippen molar-refractivity contribution in [2.45, 2.75) is 0 Å². The molecule has 16 heavy (non-hydrogen) atoms. The Morgan fingerprint density at radius 1 is 1.06 bits per heavy atom. The first-order valence-corrected chi connectivity index (χ1v) is 4.78. The first kappa shape index (κ1) is 10.8. The van der Waals surface area contributed by atoms with Crippen LogP contribution in [0.5, 0.6) is 11.5 Å². The van der Waals surface area contributed by atoms with Gasteiger partial charge >= 0.3 is 0 Å². The third-order valence-corrected chi connectivity index (χ3v) is 2.06. The molecule has 0 saturated heterocycles. The lowest BCUT2D eigenvalue weighted by molar-refractivity contribution is 0.406. The van der Waals surface area contributed by atoms with Gasteiger partial charge < -0.3 is 4.74 Å². The maximum atomic E-state index is 13.2.